The third kappa shape index (κ3) is 2.39. The first-order chi connectivity index (χ1) is 8.33. The van der Waals surface area contributed by atoms with Crippen molar-refractivity contribution in [1.82, 2.24) is 5.32 Å². The Morgan fingerprint density at radius 3 is 3.18 bits per heavy atom. The Hall–Kier alpha value is -0.830. The average molecular weight is 264 g/mol. The number of halogens is 1. The van der Waals surface area contributed by atoms with Gasteiger partial charge < -0.3 is 5.32 Å². The molecule has 17 heavy (non-hydrogen) atoms. The summed E-state index contributed by atoms with van der Waals surface area (Å²) in [4.78, 5) is 1.50. The maximum atomic E-state index is 6.02. The molecule has 0 unspecified atom stereocenters. The van der Waals surface area contributed by atoms with Crippen molar-refractivity contribution < 1.29 is 0 Å². The van der Waals surface area contributed by atoms with Crippen molar-refractivity contribution in [2.24, 2.45) is 0 Å². The summed E-state index contributed by atoms with van der Waals surface area (Å²) in [5.74, 6) is 0. The molecular weight excluding hydrogens is 250 g/mol. The molecule has 0 aliphatic carbocycles. The van der Waals surface area contributed by atoms with E-state index in [1.54, 1.807) is 0 Å². The van der Waals surface area contributed by atoms with Crippen molar-refractivity contribution in [2.45, 2.75) is 18.9 Å². The summed E-state index contributed by atoms with van der Waals surface area (Å²) >= 11 is 7.89. The van der Waals surface area contributed by atoms with Crippen LogP contribution in [0.15, 0.2) is 35.7 Å². The highest BCUT2D eigenvalue weighted by Gasteiger charge is 2.20. The van der Waals surface area contributed by atoms with Gasteiger partial charge in [-0.3, -0.25) is 0 Å². The van der Waals surface area contributed by atoms with Crippen LogP contribution < -0.4 is 5.32 Å². The van der Waals surface area contributed by atoms with Gasteiger partial charge in [0.05, 0.1) is 0 Å². The Labute approximate surface area is 110 Å². The lowest BCUT2D eigenvalue weighted by Gasteiger charge is -2.24. The van der Waals surface area contributed by atoms with E-state index < -0.39 is 0 Å². The normalized spacial score (nSPS) is 19.0. The number of hydrogen-bond donors (Lipinski definition) is 1. The second kappa shape index (κ2) is 4.81. The van der Waals surface area contributed by atoms with E-state index in [9.17, 15) is 0 Å². The molecule has 1 aromatic carbocycles. The average Bonchev–Trinajstić information content (AvgIpc) is 2.78. The molecular formula is C14H14ClNS. The number of benzene rings is 1. The minimum absolute atomic E-state index is 0.456. The van der Waals surface area contributed by atoms with Crippen LogP contribution in [0.3, 0.4) is 0 Å². The second-order valence-corrected chi connectivity index (χ2v) is 5.78. The predicted octanol–water partition coefficient (Wildman–Crippen LogP) is 3.83. The van der Waals surface area contributed by atoms with Gasteiger partial charge in [-0.15, -0.1) is 11.3 Å². The quantitative estimate of drug-likeness (QED) is 0.868. The zero-order valence-electron chi connectivity index (χ0n) is 9.45. The van der Waals surface area contributed by atoms with E-state index in [4.69, 9.17) is 11.6 Å². The lowest BCUT2D eigenvalue weighted by Crippen LogP contribution is -2.29. The molecule has 2 heterocycles. The van der Waals surface area contributed by atoms with Crippen molar-refractivity contribution in [3.8, 4) is 0 Å². The lowest BCUT2D eigenvalue weighted by molar-refractivity contribution is 0.512. The monoisotopic (exact) mass is 263 g/mol. The van der Waals surface area contributed by atoms with Gasteiger partial charge in [0.1, 0.15) is 0 Å². The molecule has 0 amide bonds. The summed E-state index contributed by atoms with van der Waals surface area (Å²) in [6, 6.07) is 10.9. The molecule has 0 fully saturated rings. The molecule has 1 aromatic heterocycles. The number of fused-ring (bicyclic) bond motifs is 1. The molecule has 0 spiro atoms. The Bertz CT molecular complexity index is 520. The van der Waals surface area contributed by atoms with Crippen molar-refractivity contribution >= 4 is 22.9 Å². The third-order valence-electron chi connectivity index (χ3n) is 3.21. The molecule has 0 radical (unpaired) electrons. The highest BCUT2D eigenvalue weighted by Crippen LogP contribution is 2.30. The van der Waals surface area contributed by atoms with E-state index in [1.807, 2.05) is 23.5 Å². The van der Waals surface area contributed by atoms with Gasteiger partial charge >= 0.3 is 0 Å². The zero-order valence-corrected chi connectivity index (χ0v) is 11.0. The van der Waals surface area contributed by atoms with Crippen molar-refractivity contribution in [1.29, 1.82) is 0 Å². The van der Waals surface area contributed by atoms with Crippen LogP contribution in [0.2, 0.25) is 5.02 Å². The van der Waals surface area contributed by atoms with Gasteiger partial charge in [-0.25, -0.2) is 0 Å². The van der Waals surface area contributed by atoms with E-state index in [0.717, 1.165) is 24.4 Å². The molecule has 1 nitrogen and oxygen atoms in total. The topological polar surface area (TPSA) is 12.0 Å². The largest absolute Gasteiger partial charge is 0.309 e. The SMILES string of the molecule is Clc1cccc(C[C@H]2NCCc3ccsc32)c1. The first-order valence-corrected chi connectivity index (χ1v) is 7.13. The summed E-state index contributed by atoms with van der Waals surface area (Å²) in [5.41, 5.74) is 2.82. The highest BCUT2D eigenvalue weighted by atomic mass is 35.5. The smallest absolute Gasteiger partial charge is 0.0458 e. The number of thiophene rings is 1. The Balaban J connectivity index is 1.84. The fourth-order valence-corrected chi connectivity index (χ4v) is 3.64. The van der Waals surface area contributed by atoms with Crippen LogP contribution in [0.5, 0.6) is 0 Å². The molecule has 1 aliphatic rings. The fraction of sp³-hybridized carbons (Fsp3) is 0.286. The summed E-state index contributed by atoms with van der Waals surface area (Å²) in [6.45, 7) is 1.08. The molecule has 0 saturated carbocycles. The van der Waals surface area contributed by atoms with Gasteiger partial charge in [-0.05, 0) is 54.1 Å². The minimum Gasteiger partial charge on any atom is -0.309 e. The summed E-state index contributed by atoms with van der Waals surface area (Å²) in [5, 5.41) is 6.62. The molecule has 0 bridgehead atoms. The molecule has 1 atom stereocenters. The molecule has 3 heteroatoms. The van der Waals surface area contributed by atoms with E-state index in [1.165, 1.54) is 16.0 Å². The van der Waals surface area contributed by atoms with Crippen molar-refractivity contribution in [3.63, 3.8) is 0 Å². The Morgan fingerprint density at radius 2 is 2.29 bits per heavy atom. The Morgan fingerprint density at radius 1 is 1.35 bits per heavy atom. The summed E-state index contributed by atoms with van der Waals surface area (Å²) in [6.07, 6.45) is 2.18. The van der Waals surface area contributed by atoms with Crippen molar-refractivity contribution in [3.05, 3.63) is 56.7 Å². The molecule has 1 N–H and O–H groups in total. The molecule has 88 valence electrons. The summed E-state index contributed by atoms with van der Waals surface area (Å²) in [7, 11) is 0. The first-order valence-electron chi connectivity index (χ1n) is 5.87. The van der Waals surface area contributed by atoms with Gasteiger partial charge in [-0.1, -0.05) is 23.7 Å². The van der Waals surface area contributed by atoms with Gasteiger partial charge in [0.2, 0.25) is 0 Å². The van der Waals surface area contributed by atoms with E-state index in [2.05, 4.69) is 28.9 Å². The standard InChI is InChI=1S/C14H14ClNS/c15-12-3-1-2-10(8-12)9-13-14-11(4-6-16-13)5-7-17-14/h1-3,5,7-8,13,16H,4,6,9H2/t13-/m1/s1. The van der Waals surface area contributed by atoms with Crippen LogP contribution in [0.1, 0.15) is 22.0 Å². The van der Waals surface area contributed by atoms with Crippen LogP contribution in [-0.2, 0) is 12.8 Å². The minimum atomic E-state index is 0.456. The Kier molecular flexibility index (Phi) is 3.19. The fourth-order valence-electron chi connectivity index (χ4n) is 2.40. The zero-order chi connectivity index (χ0) is 11.7. The van der Waals surface area contributed by atoms with E-state index in [-0.39, 0.29) is 0 Å². The molecule has 2 aromatic rings. The van der Waals surface area contributed by atoms with Crippen LogP contribution in [-0.4, -0.2) is 6.54 Å². The van der Waals surface area contributed by atoms with Gasteiger partial charge in [0.15, 0.2) is 0 Å². The van der Waals surface area contributed by atoms with Crippen LogP contribution in [0.4, 0.5) is 0 Å². The maximum Gasteiger partial charge on any atom is 0.0458 e. The van der Waals surface area contributed by atoms with Crippen LogP contribution in [0.25, 0.3) is 0 Å². The van der Waals surface area contributed by atoms with Gasteiger partial charge in [0, 0.05) is 15.9 Å². The lowest BCUT2D eigenvalue weighted by atomic mass is 9.98. The third-order valence-corrected chi connectivity index (χ3v) is 4.52. The molecule has 1 aliphatic heterocycles. The van der Waals surface area contributed by atoms with E-state index in [0.29, 0.717) is 6.04 Å². The second-order valence-electron chi connectivity index (χ2n) is 4.40. The number of hydrogen-bond acceptors (Lipinski definition) is 2. The number of rotatable bonds is 2. The van der Waals surface area contributed by atoms with Gasteiger partial charge in [-0.2, -0.15) is 0 Å². The molecule has 3 rings (SSSR count). The highest BCUT2D eigenvalue weighted by molar-refractivity contribution is 7.10. The molecule has 0 saturated heterocycles. The predicted molar refractivity (Wildman–Crippen MR) is 73.9 cm³/mol. The number of nitrogens with one attached hydrogen (secondary N) is 1. The van der Waals surface area contributed by atoms with Crippen molar-refractivity contribution in [2.75, 3.05) is 6.54 Å². The maximum absolute atomic E-state index is 6.02. The van der Waals surface area contributed by atoms with E-state index >= 15 is 0 Å². The van der Waals surface area contributed by atoms with Crippen LogP contribution in [0, 0.1) is 0 Å². The first kappa shape index (κ1) is 11.3. The summed E-state index contributed by atoms with van der Waals surface area (Å²) < 4.78 is 0. The van der Waals surface area contributed by atoms with Gasteiger partial charge in [0.25, 0.3) is 0 Å². The van der Waals surface area contributed by atoms with Crippen LogP contribution >= 0.6 is 22.9 Å².